The van der Waals surface area contributed by atoms with E-state index in [9.17, 15) is 19.5 Å². The van der Waals surface area contributed by atoms with Crippen LogP contribution in [0.1, 0.15) is 54.4 Å². The number of nitrogens with one attached hydrogen (secondary N) is 2. The van der Waals surface area contributed by atoms with Crippen LogP contribution in [0, 0.1) is 0 Å². The van der Waals surface area contributed by atoms with Gasteiger partial charge in [-0.15, -0.1) is 0 Å². The lowest BCUT2D eigenvalue weighted by Gasteiger charge is -2.35. The maximum atomic E-state index is 13.9. The van der Waals surface area contributed by atoms with Crippen molar-refractivity contribution >= 4 is 34.4 Å². The van der Waals surface area contributed by atoms with E-state index in [1.54, 1.807) is 35.4 Å². The summed E-state index contributed by atoms with van der Waals surface area (Å²) in [5.74, 6) is -1.21. The van der Waals surface area contributed by atoms with Crippen molar-refractivity contribution in [3.63, 3.8) is 0 Å². The second kappa shape index (κ2) is 8.35. The third-order valence-corrected chi connectivity index (χ3v) is 7.11. The van der Waals surface area contributed by atoms with Gasteiger partial charge in [0.2, 0.25) is 11.8 Å². The minimum absolute atomic E-state index is 0.0257. The lowest BCUT2D eigenvalue weighted by molar-refractivity contribution is -0.141. The lowest BCUT2D eigenvalue weighted by Crippen LogP contribution is -2.51. The van der Waals surface area contributed by atoms with E-state index < -0.39 is 17.4 Å². The van der Waals surface area contributed by atoms with Gasteiger partial charge in [0, 0.05) is 11.9 Å². The normalized spacial score (nSPS) is 19.6. The number of H-pyrrole nitrogens is 1. The average Bonchev–Trinajstić information content (AvgIpc) is 3.60. The molecule has 2 amide bonds. The van der Waals surface area contributed by atoms with Gasteiger partial charge in [0.25, 0.3) is 0 Å². The van der Waals surface area contributed by atoms with Gasteiger partial charge in [-0.25, -0.2) is 4.79 Å². The van der Waals surface area contributed by atoms with E-state index in [2.05, 4.69) is 15.5 Å². The van der Waals surface area contributed by atoms with Crippen LogP contribution in [0.2, 0.25) is 0 Å². The molecule has 8 nitrogen and oxygen atoms in total. The predicted octanol–water partition coefficient (Wildman–Crippen LogP) is 3.70. The molecule has 3 N–H and O–H groups in total. The molecule has 2 heterocycles. The molecule has 1 saturated heterocycles. The highest BCUT2D eigenvalue weighted by atomic mass is 16.4. The number of carbonyl (C=O) groups excluding carboxylic acids is 2. The third-order valence-electron chi connectivity index (χ3n) is 7.11. The van der Waals surface area contributed by atoms with Crippen LogP contribution in [0.4, 0.5) is 5.69 Å². The number of aromatic amines is 1. The summed E-state index contributed by atoms with van der Waals surface area (Å²) >= 11 is 0. The molecule has 1 aliphatic heterocycles. The summed E-state index contributed by atoms with van der Waals surface area (Å²) in [5, 5.41) is 20.0. The van der Waals surface area contributed by atoms with E-state index in [0.717, 1.165) is 35.7 Å². The lowest BCUT2D eigenvalue weighted by atomic mass is 9.77. The first-order valence-electron chi connectivity index (χ1n) is 11.4. The number of likely N-dealkylation sites (tertiary alicyclic amines) is 1. The van der Waals surface area contributed by atoms with E-state index in [4.69, 9.17) is 0 Å². The summed E-state index contributed by atoms with van der Waals surface area (Å²) in [6.07, 6.45) is 6.34. The molecule has 5 rings (SSSR count). The molecule has 2 fully saturated rings. The number of carbonyl (C=O) groups is 3. The van der Waals surface area contributed by atoms with Crippen molar-refractivity contribution in [1.82, 2.24) is 15.1 Å². The monoisotopic (exact) mass is 446 g/mol. The summed E-state index contributed by atoms with van der Waals surface area (Å²) in [4.78, 5) is 40.2. The highest BCUT2D eigenvalue weighted by Gasteiger charge is 2.48. The zero-order valence-corrected chi connectivity index (χ0v) is 18.2. The molecule has 170 valence electrons. The zero-order chi connectivity index (χ0) is 23.0. The summed E-state index contributed by atoms with van der Waals surface area (Å²) < 4.78 is 0. The number of aromatic nitrogens is 2. The van der Waals surface area contributed by atoms with Crippen LogP contribution in [0.3, 0.4) is 0 Å². The van der Waals surface area contributed by atoms with Crippen molar-refractivity contribution in [3.8, 4) is 0 Å². The van der Waals surface area contributed by atoms with Crippen LogP contribution in [0.5, 0.6) is 0 Å². The zero-order valence-electron chi connectivity index (χ0n) is 18.2. The molecule has 1 aromatic heterocycles. The molecule has 0 spiro atoms. The summed E-state index contributed by atoms with van der Waals surface area (Å²) in [7, 11) is 0. The van der Waals surface area contributed by atoms with Gasteiger partial charge in [0.05, 0.1) is 28.4 Å². The van der Waals surface area contributed by atoms with Gasteiger partial charge in [-0.05, 0) is 55.5 Å². The molecule has 0 bridgehead atoms. The minimum atomic E-state index is -0.989. The number of anilines is 1. The number of rotatable bonds is 5. The quantitative estimate of drug-likeness (QED) is 0.553. The van der Waals surface area contributed by atoms with E-state index in [1.165, 1.54) is 0 Å². The van der Waals surface area contributed by atoms with Crippen molar-refractivity contribution in [3.05, 3.63) is 59.8 Å². The number of benzene rings is 2. The molecule has 0 unspecified atom stereocenters. The number of carboxylic acids is 1. The second-order valence-electron chi connectivity index (χ2n) is 8.95. The second-order valence-corrected chi connectivity index (χ2v) is 8.95. The molecule has 0 radical (unpaired) electrons. The molecular weight excluding hydrogens is 420 g/mol. The highest BCUT2D eigenvalue weighted by Crippen LogP contribution is 2.44. The minimum Gasteiger partial charge on any atom is -0.478 e. The van der Waals surface area contributed by atoms with Crippen molar-refractivity contribution in [2.45, 2.75) is 50.0 Å². The maximum Gasteiger partial charge on any atom is 0.335 e. The number of amides is 2. The molecule has 1 saturated carbocycles. The van der Waals surface area contributed by atoms with E-state index in [1.807, 2.05) is 18.2 Å². The number of carboxylic acid groups (broad SMARTS) is 1. The topological polar surface area (TPSA) is 115 Å². The molecule has 2 aromatic carbocycles. The van der Waals surface area contributed by atoms with Crippen LogP contribution in [0.15, 0.2) is 48.7 Å². The van der Waals surface area contributed by atoms with Crippen LogP contribution in [-0.2, 0) is 15.0 Å². The Hall–Kier alpha value is -3.68. The maximum absolute atomic E-state index is 13.9. The summed E-state index contributed by atoms with van der Waals surface area (Å²) in [5.41, 5.74) is 1.84. The highest BCUT2D eigenvalue weighted by molar-refractivity contribution is 6.04. The van der Waals surface area contributed by atoms with E-state index >= 15 is 0 Å². The Labute approximate surface area is 191 Å². The first-order chi connectivity index (χ1) is 16.0. The summed E-state index contributed by atoms with van der Waals surface area (Å²) in [6.45, 7) is 0.543. The number of hydrogen-bond acceptors (Lipinski definition) is 4. The molecule has 8 heteroatoms. The first kappa shape index (κ1) is 21.2. The van der Waals surface area contributed by atoms with Gasteiger partial charge in [0.15, 0.2) is 0 Å². The fourth-order valence-corrected chi connectivity index (χ4v) is 5.39. The fourth-order valence-electron chi connectivity index (χ4n) is 5.39. The Bertz CT molecular complexity index is 1210. The molecular formula is C25H26N4O4. The SMILES string of the molecule is O=C(O)c1ccc(C2(C(=O)N3CCC[C@@H]3C(=O)Nc3cccc4[nH]ncc34)CCCC2)cc1. The van der Waals surface area contributed by atoms with Gasteiger partial charge < -0.3 is 15.3 Å². The Morgan fingerprint density at radius 1 is 1.06 bits per heavy atom. The van der Waals surface area contributed by atoms with Crippen LogP contribution in [-0.4, -0.2) is 50.6 Å². The standard InChI is InChI=1S/C25H26N4O4/c30-22(27-19-5-3-6-20-18(19)15-26-28-20)21-7-4-14-29(21)24(33)25(12-1-2-13-25)17-10-8-16(9-11-17)23(31)32/h3,5-6,8-11,15,21H,1-2,4,7,12-14H2,(H,26,28)(H,27,30)(H,31,32)/t21-/m1/s1. The Morgan fingerprint density at radius 3 is 2.55 bits per heavy atom. The van der Waals surface area contributed by atoms with Crippen LogP contribution in [0.25, 0.3) is 10.9 Å². The average molecular weight is 447 g/mol. The first-order valence-corrected chi connectivity index (χ1v) is 11.4. The molecule has 33 heavy (non-hydrogen) atoms. The predicted molar refractivity (Wildman–Crippen MR) is 123 cm³/mol. The van der Waals surface area contributed by atoms with Crippen molar-refractivity contribution in [1.29, 1.82) is 0 Å². The summed E-state index contributed by atoms with van der Waals surface area (Å²) in [6, 6.07) is 11.7. The fraction of sp³-hybridized carbons (Fsp3) is 0.360. The molecule has 1 atom stereocenters. The van der Waals surface area contributed by atoms with Crippen LogP contribution >= 0.6 is 0 Å². The Morgan fingerprint density at radius 2 is 1.82 bits per heavy atom. The number of hydrogen-bond donors (Lipinski definition) is 3. The smallest absolute Gasteiger partial charge is 0.335 e. The van der Waals surface area contributed by atoms with Crippen molar-refractivity contribution in [2.24, 2.45) is 0 Å². The Kier molecular flexibility index (Phi) is 5.36. The number of nitrogens with zero attached hydrogens (tertiary/aromatic N) is 2. The Balaban J connectivity index is 1.40. The number of aromatic carboxylic acids is 1. The van der Waals surface area contributed by atoms with Gasteiger partial charge in [-0.3, -0.25) is 14.7 Å². The number of fused-ring (bicyclic) bond motifs is 1. The van der Waals surface area contributed by atoms with Crippen molar-refractivity contribution in [2.75, 3.05) is 11.9 Å². The van der Waals surface area contributed by atoms with E-state index in [0.29, 0.717) is 31.5 Å². The van der Waals surface area contributed by atoms with Gasteiger partial charge >= 0.3 is 5.97 Å². The third kappa shape index (κ3) is 3.65. The van der Waals surface area contributed by atoms with Crippen molar-refractivity contribution < 1.29 is 19.5 Å². The molecule has 2 aliphatic rings. The van der Waals surface area contributed by atoms with Crippen LogP contribution < -0.4 is 5.32 Å². The largest absolute Gasteiger partial charge is 0.478 e. The molecule has 1 aliphatic carbocycles. The van der Waals surface area contributed by atoms with Gasteiger partial charge in [0.1, 0.15) is 6.04 Å². The van der Waals surface area contributed by atoms with Gasteiger partial charge in [-0.2, -0.15) is 5.10 Å². The van der Waals surface area contributed by atoms with E-state index in [-0.39, 0.29) is 17.4 Å². The van der Waals surface area contributed by atoms with Gasteiger partial charge in [-0.1, -0.05) is 31.0 Å². The molecule has 3 aromatic rings.